The van der Waals surface area contributed by atoms with E-state index in [2.05, 4.69) is 55.6 Å². The highest BCUT2D eigenvalue weighted by Crippen LogP contribution is 2.18. The highest BCUT2D eigenvalue weighted by Gasteiger charge is 2.08. The Morgan fingerprint density at radius 2 is 1.74 bits per heavy atom. The molecule has 0 aliphatic heterocycles. The number of nitrogens with two attached hydrogens (primary N) is 1. The zero-order chi connectivity index (χ0) is 14.0. The molecule has 0 saturated carbocycles. The molecule has 3 nitrogen and oxygen atoms in total. The molecule has 19 heavy (non-hydrogen) atoms. The SMILES string of the molecule is Cc1cc(C)c(Cn2cc(CCN)nc2C)c(C)c1. The molecule has 0 fully saturated rings. The number of nitrogens with zero attached hydrogens (tertiary/aromatic N) is 2. The predicted molar refractivity (Wildman–Crippen MR) is 79.5 cm³/mol. The molecule has 1 heterocycles. The zero-order valence-electron chi connectivity index (χ0n) is 12.3. The molecule has 1 aromatic carbocycles. The van der Waals surface area contributed by atoms with Gasteiger partial charge in [0.05, 0.1) is 5.69 Å². The summed E-state index contributed by atoms with van der Waals surface area (Å²) in [6, 6.07) is 4.49. The van der Waals surface area contributed by atoms with E-state index in [1.807, 2.05) is 0 Å². The minimum atomic E-state index is 0.652. The van der Waals surface area contributed by atoms with Crippen LogP contribution in [-0.2, 0) is 13.0 Å². The summed E-state index contributed by atoms with van der Waals surface area (Å²) < 4.78 is 2.22. The Hall–Kier alpha value is -1.61. The van der Waals surface area contributed by atoms with Crippen molar-refractivity contribution in [2.75, 3.05) is 6.54 Å². The molecule has 2 rings (SSSR count). The molecule has 0 amide bonds. The smallest absolute Gasteiger partial charge is 0.106 e. The predicted octanol–water partition coefficient (Wildman–Crippen LogP) is 2.67. The minimum Gasteiger partial charge on any atom is -0.330 e. The molecule has 1 aromatic heterocycles. The first-order valence-electron chi connectivity index (χ1n) is 6.80. The van der Waals surface area contributed by atoms with Gasteiger partial charge in [-0.25, -0.2) is 4.98 Å². The summed E-state index contributed by atoms with van der Waals surface area (Å²) in [7, 11) is 0. The second-order valence-electron chi connectivity index (χ2n) is 5.32. The lowest BCUT2D eigenvalue weighted by molar-refractivity contribution is 0.752. The molecule has 0 atom stereocenters. The number of benzene rings is 1. The third-order valence-electron chi connectivity index (χ3n) is 3.60. The van der Waals surface area contributed by atoms with Crippen LogP contribution in [0.1, 0.15) is 33.8 Å². The molecule has 2 N–H and O–H groups in total. The molecule has 0 bridgehead atoms. The van der Waals surface area contributed by atoms with Crippen molar-refractivity contribution in [3.05, 3.63) is 52.1 Å². The van der Waals surface area contributed by atoms with Gasteiger partial charge >= 0.3 is 0 Å². The van der Waals surface area contributed by atoms with Gasteiger partial charge in [0.25, 0.3) is 0 Å². The quantitative estimate of drug-likeness (QED) is 0.915. The lowest BCUT2D eigenvalue weighted by Gasteiger charge is -2.13. The van der Waals surface area contributed by atoms with E-state index < -0.39 is 0 Å². The Morgan fingerprint density at radius 1 is 1.11 bits per heavy atom. The first-order chi connectivity index (χ1) is 9.01. The van der Waals surface area contributed by atoms with Gasteiger partial charge in [-0.1, -0.05) is 17.7 Å². The second kappa shape index (κ2) is 5.57. The van der Waals surface area contributed by atoms with Crippen LogP contribution < -0.4 is 5.73 Å². The van der Waals surface area contributed by atoms with Crippen LogP contribution in [0, 0.1) is 27.7 Å². The summed E-state index contributed by atoms with van der Waals surface area (Å²) in [6.07, 6.45) is 2.97. The van der Waals surface area contributed by atoms with Crippen LogP contribution >= 0.6 is 0 Å². The van der Waals surface area contributed by atoms with Crippen molar-refractivity contribution in [3.8, 4) is 0 Å². The van der Waals surface area contributed by atoms with Gasteiger partial charge < -0.3 is 10.3 Å². The van der Waals surface area contributed by atoms with Gasteiger partial charge in [-0.2, -0.15) is 0 Å². The topological polar surface area (TPSA) is 43.8 Å². The van der Waals surface area contributed by atoms with Crippen LogP contribution in [0.3, 0.4) is 0 Å². The summed E-state index contributed by atoms with van der Waals surface area (Å²) >= 11 is 0. The van der Waals surface area contributed by atoms with E-state index in [1.54, 1.807) is 0 Å². The zero-order valence-corrected chi connectivity index (χ0v) is 12.3. The third-order valence-corrected chi connectivity index (χ3v) is 3.60. The van der Waals surface area contributed by atoms with Crippen molar-refractivity contribution >= 4 is 0 Å². The molecule has 0 aliphatic carbocycles. The van der Waals surface area contributed by atoms with Crippen molar-refractivity contribution in [3.63, 3.8) is 0 Å². The van der Waals surface area contributed by atoms with Crippen LogP contribution in [0.15, 0.2) is 18.3 Å². The Bertz CT molecular complexity index is 559. The molecule has 0 spiro atoms. The van der Waals surface area contributed by atoms with Gasteiger partial charge in [0.1, 0.15) is 5.82 Å². The lowest BCUT2D eigenvalue weighted by Crippen LogP contribution is -2.05. The number of hydrogen-bond donors (Lipinski definition) is 1. The lowest BCUT2D eigenvalue weighted by atomic mass is 10.00. The average molecular weight is 257 g/mol. The highest BCUT2D eigenvalue weighted by atomic mass is 15.1. The van der Waals surface area contributed by atoms with Crippen molar-refractivity contribution in [2.24, 2.45) is 5.73 Å². The minimum absolute atomic E-state index is 0.652. The van der Waals surface area contributed by atoms with Crippen LogP contribution in [0.2, 0.25) is 0 Å². The Labute approximate surface area is 115 Å². The Balaban J connectivity index is 2.31. The summed E-state index contributed by atoms with van der Waals surface area (Å²) in [5.41, 5.74) is 12.1. The van der Waals surface area contributed by atoms with E-state index in [4.69, 9.17) is 5.73 Å². The maximum absolute atomic E-state index is 5.59. The number of rotatable bonds is 4. The molecule has 0 unspecified atom stereocenters. The van der Waals surface area contributed by atoms with E-state index in [0.29, 0.717) is 6.54 Å². The normalized spacial score (nSPS) is 11.0. The summed E-state index contributed by atoms with van der Waals surface area (Å²) in [5, 5.41) is 0. The molecular formula is C16H23N3. The van der Waals surface area contributed by atoms with Gasteiger partial charge in [-0.15, -0.1) is 0 Å². The van der Waals surface area contributed by atoms with Gasteiger partial charge in [-0.05, 0) is 50.9 Å². The molecular weight excluding hydrogens is 234 g/mol. The number of imidazole rings is 1. The van der Waals surface area contributed by atoms with Gasteiger partial charge in [0.2, 0.25) is 0 Å². The average Bonchev–Trinajstić information content (AvgIpc) is 2.64. The fourth-order valence-corrected chi connectivity index (χ4v) is 2.63. The van der Waals surface area contributed by atoms with Crippen molar-refractivity contribution in [1.82, 2.24) is 9.55 Å². The number of aromatic nitrogens is 2. The fraction of sp³-hybridized carbons (Fsp3) is 0.438. The van der Waals surface area contributed by atoms with Crippen molar-refractivity contribution in [1.29, 1.82) is 0 Å². The van der Waals surface area contributed by atoms with E-state index in [-0.39, 0.29) is 0 Å². The number of aryl methyl sites for hydroxylation is 4. The molecule has 0 radical (unpaired) electrons. The van der Waals surface area contributed by atoms with E-state index in [0.717, 1.165) is 24.5 Å². The van der Waals surface area contributed by atoms with Crippen LogP contribution in [-0.4, -0.2) is 16.1 Å². The molecule has 2 aromatic rings. The van der Waals surface area contributed by atoms with Crippen molar-refractivity contribution in [2.45, 2.75) is 40.7 Å². The monoisotopic (exact) mass is 257 g/mol. The maximum atomic E-state index is 5.59. The van der Waals surface area contributed by atoms with Gasteiger partial charge in [-0.3, -0.25) is 0 Å². The third kappa shape index (κ3) is 3.04. The summed E-state index contributed by atoms with van der Waals surface area (Å²) in [6.45, 7) is 10.1. The molecule has 0 saturated heterocycles. The van der Waals surface area contributed by atoms with Crippen LogP contribution in [0.4, 0.5) is 0 Å². The summed E-state index contributed by atoms with van der Waals surface area (Å²) in [5.74, 6) is 1.06. The Kier molecular flexibility index (Phi) is 4.05. The van der Waals surface area contributed by atoms with Crippen LogP contribution in [0.5, 0.6) is 0 Å². The molecule has 3 heteroatoms. The second-order valence-corrected chi connectivity index (χ2v) is 5.32. The van der Waals surface area contributed by atoms with E-state index in [1.165, 1.54) is 22.3 Å². The first-order valence-corrected chi connectivity index (χ1v) is 6.80. The maximum Gasteiger partial charge on any atom is 0.106 e. The van der Waals surface area contributed by atoms with Crippen molar-refractivity contribution < 1.29 is 0 Å². The summed E-state index contributed by atoms with van der Waals surface area (Å²) in [4.78, 5) is 4.56. The molecule has 102 valence electrons. The van der Waals surface area contributed by atoms with E-state index >= 15 is 0 Å². The van der Waals surface area contributed by atoms with Gasteiger partial charge in [0, 0.05) is 19.2 Å². The van der Waals surface area contributed by atoms with Crippen LogP contribution in [0.25, 0.3) is 0 Å². The largest absolute Gasteiger partial charge is 0.330 e. The molecule has 0 aliphatic rings. The highest BCUT2D eigenvalue weighted by molar-refractivity contribution is 5.37. The van der Waals surface area contributed by atoms with E-state index in [9.17, 15) is 0 Å². The first kappa shape index (κ1) is 13.8. The standard InChI is InChI=1S/C16H23N3/c1-11-7-12(2)16(13(3)8-11)10-19-9-15(5-6-17)18-14(19)4/h7-9H,5-6,10,17H2,1-4H3. The fourth-order valence-electron chi connectivity index (χ4n) is 2.63. The van der Waals surface area contributed by atoms with Gasteiger partial charge in [0.15, 0.2) is 0 Å². The number of hydrogen-bond acceptors (Lipinski definition) is 2. The Morgan fingerprint density at radius 3 is 2.32 bits per heavy atom.